The van der Waals surface area contributed by atoms with Gasteiger partial charge in [-0.25, -0.2) is 0 Å². The second-order valence-corrected chi connectivity index (χ2v) is 8.81. The van der Waals surface area contributed by atoms with Gasteiger partial charge in [0.05, 0.1) is 12.2 Å². The Kier molecular flexibility index (Phi) is 7.53. The van der Waals surface area contributed by atoms with E-state index < -0.39 is 0 Å². The molecular weight excluding hydrogens is 366 g/mol. The number of carbonyl (C=O) groups is 2. The number of fused-ring (bicyclic) bond motifs is 1. The summed E-state index contributed by atoms with van der Waals surface area (Å²) in [6.45, 7) is 11.1. The van der Waals surface area contributed by atoms with Crippen LogP contribution in [0.15, 0.2) is 24.3 Å². The van der Waals surface area contributed by atoms with Crippen LogP contribution in [-0.2, 0) is 9.59 Å². The van der Waals surface area contributed by atoms with Gasteiger partial charge in [0.15, 0.2) is 0 Å². The number of nitrogens with zero attached hydrogens (tertiary/aromatic N) is 2. The van der Waals surface area contributed by atoms with Gasteiger partial charge in [0.2, 0.25) is 11.8 Å². The summed E-state index contributed by atoms with van der Waals surface area (Å²) < 4.78 is 5.79. The summed E-state index contributed by atoms with van der Waals surface area (Å²) in [5, 5.41) is 2.97. The third-order valence-electron chi connectivity index (χ3n) is 5.71. The Balaban J connectivity index is 1.37. The van der Waals surface area contributed by atoms with Crippen LogP contribution in [-0.4, -0.2) is 55.5 Å². The molecule has 3 atom stereocenters. The lowest BCUT2D eigenvalue weighted by molar-refractivity contribution is -0.125. The minimum absolute atomic E-state index is 0.0287. The molecule has 0 unspecified atom stereocenters. The van der Waals surface area contributed by atoms with E-state index in [1.165, 1.54) is 6.42 Å². The van der Waals surface area contributed by atoms with E-state index in [0.717, 1.165) is 49.3 Å². The number of ether oxygens (including phenoxy) is 1. The number of rotatable bonds is 7. The summed E-state index contributed by atoms with van der Waals surface area (Å²) >= 11 is 0. The van der Waals surface area contributed by atoms with Crippen molar-refractivity contribution in [3.05, 3.63) is 24.3 Å². The normalized spacial score (nSPS) is 24.5. The molecule has 2 aliphatic heterocycles. The van der Waals surface area contributed by atoms with Crippen LogP contribution < -0.4 is 15.0 Å². The first-order chi connectivity index (χ1) is 13.9. The van der Waals surface area contributed by atoms with Crippen molar-refractivity contribution in [3.63, 3.8) is 0 Å². The Hall–Kier alpha value is -2.08. The minimum atomic E-state index is -0.0529. The van der Waals surface area contributed by atoms with Gasteiger partial charge in [-0.15, -0.1) is 0 Å². The van der Waals surface area contributed by atoms with Crippen LogP contribution in [0.5, 0.6) is 5.75 Å². The molecule has 0 bridgehead atoms. The van der Waals surface area contributed by atoms with Crippen molar-refractivity contribution in [2.24, 2.45) is 11.8 Å². The SMILES string of the molecule is C[C@@H]1C[C@@H](C)CN(CCCNC(=O)CCC(=O)N2C[C@H](C)Oc3ccccc32)C1. The quantitative estimate of drug-likeness (QED) is 0.714. The molecule has 2 amide bonds. The van der Waals surface area contributed by atoms with Crippen LogP contribution in [0.3, 0.4) is 0 Å². The maximum atomic E-state index is 12.7. The van der Waals surface area contributed by atoms with E-state index in [1.807, 2.05) is 31.2 Å². The van der Waals surface area contributed by atoms with Gasteiger partial charge in [-0.05, 0) is 50.3 Å². The topological polar surface area (TPSA) is 61.9 Å². The highest BCUT2D eigenvalue weighted by Gasteiger charge is 2.27. The number of anilines is 1. The standard InChI is InChI=1S/C23H35N3O3/c1-17-13-18(2)15-25(14-17)12-6-11-24-22(27)9-10-23(28)26-16-19(3)29-21-8-5-4-7-20(21)26/h4-5,7-8,17-19H,6,9-16H2,1-3H3,(H,24,27)/t17-,18-,19+/m1/s1. The van der Waals surface area contributed by atoms with E-state index in [9.17, 15) is 9.59 Å². The average Bonchev–Trinajstić information content (AvgIpc) is 2.68. The maximum absolute atomic E-state index is 12.7. The summed E-state index contributed by atoms with van der Waals surface area (Å²) in [6.07, 6.45) is 2.66. The molecule has 0 aliphatic carbocycles. The number of amides is 2. The molecule has 0 spiro atoms. The fraction of sp³-hybridized carbons (Fsp3) is 0.652. The van der Waals surface area contributed by atoms with Crippen molar-refractivity contribution in [2.45, 2.75) is 52.6 Å². The zero-order valence-corrected chi connectivity index (χ0v) is 18.0. The second-order valence-electron chi connectivity index (χ2n) is 8.81. The second kappa shape index (κ2) is 10.1. The highest BCUT2D eigenvalue weighted by molar-refractivity contribution is 5.97. The molecule has 0 aromatic heterocycles. The molecule has 2 heterocycles. The molecule has 0 saturated carbocycles. The zero-order chi connectivity index (χ0) is 20.8. The number of benzene rings is 1. The van der Waals surface area contributed by atoms with E-state index in [1.54, 1.807) is 4.90 Å². The fourth-order valence-corrected chi connectivity index (χ4v) is 4.57. The lowest BCUT2D eigenvalue weighted by atomic mass is 9.92. The van der Waals surface area contributed by atoms with E-state index in [0.29, 0.717) is 13.1 Å². The Morgan fingerprint density at radius 3 is 2.55 bits per heavy atom. The highest BCUT2D eigenvalue weighted by Crippen LogP contribution is 2.33. The molecule has 1 N–H and O–H groups in total. The Morgan fingerprint density at radius 1 is 1.07 bits per heavy atom. The molecule has 160 valence electrons. The van der Waals surface area contributed by atoms with Crippen LogP contribution in [0.2, 0.25) is 0 Å². The summed E-state index contributed by atoms with van der Waals surface area (Å²) in [5.41, 5.74) is 0.793. The smallest absolute Gasteiger partial charge is 0.227 e. The molecule has 2 aliphatic rings. The van der Waals surface area contributed by atoms with Crippen molar-refractivity contribution in [1.82, 2.24) is 10.2 Å². The van der Waals surface area contributed by atoms with Crippen LogP contribution in [0, 0.1) is 11.8 Å². The maximum Gasteiger partial charge on any atom is 0.227 e. The van der Waals surface area contributed by atoms with Crippen LogP contribution in [0.4, 0.5) is 5.69 Å². The number of hydrogen-bond acceptors (Lipinski definition) is 4. The third kappa shape index (κ3) is 6.20. The van der Waals surface area contributed by atoms with Crippen molar-refractivity contribution < 1.29 is 14.3 Å². The van der Waals surface area contributed by atoms with E-state index in [2.05, 4.69) is 24.1 Å². The monoisotopic (exact) mass is 401 g/mol. The van der Waals surface area contributed by atoms with E-state index >= 15 is 0 Å². The van der Waals surface area contributed by atoms with Gasteiger partial charge >= 0.3 is 0 Å². The number of nitrogens with one attached hydrogen (secondary N) is 1. The van der Waals surface area contributed by atoms with Crippen molar-refractivity contribution in [2.75, 3.05) is 37.6 Å². The van der Waals surface area contributed by atoms with Crippen molar-refractivity contribution in [1.29, 1.82) is 0 Å². The van der Waals surface area contributed by atoms with Gasteiger partial charge in [-0.3, -0.25) is 9.59 Å². The molecule has 1 fully saturated rings. The Bertz CT molecular complexity index is 698. The van der Waals surface area contributed by atoms with Gasteiger partial charge in [0.1, 0.15) is 11.9 Å². The van der Waals surface area contributed by atoms with Crippen molar-refractivity contribution in [3.8, 4) is 5.75 Å². The predicted molar refractivity (Wildman–Crippen MR) is 115 cm³/mol. The van der Waals surface area contributed by atoms with E-state index in [4.69, 9.17) is 4.74 Å². The number of hydrogen-bond donors (Lipinski definition) is 1. The number of piperidine rings is 1. The van der Waals surface area contributed by atoms with Gasteiger partial charge in [-0.1, -0.05) is 26.0 Å². The molecule has 1 saturated heterocycles. The first-order valence-corrected chi connectivity index (χ1v) is 11.0. The van der Waals surface area contributed by atoms with Gasteiger partial charge in [0, 0.05) is 32.5 Å². The van der Waals surface area contributed by atoms with Crippen molar-refractivity contribution >= 4 is 17.5 Å². The average molecular weight is 402 g/mol. The molecule has 6 heteroatoms. The minimum Gasteiger partial charge on any atom is -0.487 e. The van der Waals surface area contributed by atoms with Crippen LogP contribution >= 0.6 is 0 Å². The van der Waals surface area contributed by atoms with Gasteiger partial charge < -0.3 is 19.9 Å². The number of carbonyl (C=O) groups excluding carboxylic acids is 2. The molecule has 6 nitrogen and oxygen atoms in total. The summed E-state index contributed by atoms with van der Waals surface area (Å²) in [5.74, 6) is 2.16. The Labute approximate surface area is 174 Å². The summed E-state index contributed by atoms with van der Waals surface area (Å²) in [4.78, 5) is 29.1. The van der Waals surface area contributed by atoms with Crippen LogP contribution in [0.1, 0.15) is 46.5 Å². The molecule has 29 heavy (non-hydrogen) atoms. The molecule has 3 rings (SSSR count). The zero-order valence-electron chi connectivity index (χ0n) is 18.0. The predicted octanol–water partition coefficient (Wildman–Crippen LogP) is 3.06. The van der Waals surface area contributed by atoms with E-state index in [-0.39, 0.29) is 30.8 Å². The molecule has 0 radical (unpaired) electrons. The van der Waals surface area contributed by atoms with Gasteiger partial charge in [-0.2, -0.15) is 0 Å². The highest BCUT2D eigenvalue weighted by atomic mass is 16.5. The van der Waals surface area contributed by atoms with Crippen LogP contribution in [0.25, 0.3) is 0 Å². The number of likely N-dealkylation sites (tertiary alicyclic amines) is 1. The largest absolute Gasteiger partial charge is 0.487 e. The summed E-state index contributed by atoms with van der Waals surface area (Å²) in [6, 6.07) is 7.57. The lowest BCUT2D eigenvalue weighted by Gasteiger charge is -2.34. The molecule has 1 aromatic carbocycles. The fourth-order valence-electron chi connectivity index (χ4n) is 4.57. The summed E-state index contributed by atoms with van der Waals surface area (Å²) in [7, 11) is 0. The Morgan fingerprint density at radius 2 is 1.79 bits per heavy atom. The van der Waals surface area contributed by atoms with Gasteiger partial charge in [0.25, 0.3) is 0 Å². The molecule has 1 aromatic rings. The third-order valence-corrected chi connectivity index (χ3v) is 5.71. The first kappa shape index (κ1) is 21.6. The molecular formula is C23H35N3O3. The lowest BCUT2D eigenvalue weighted by Crippen LogP contribution is -2.42. The first-order valence-electron chi connectivity index (χ1n) is 11.0. The number of para-hydroxylation sites is 2.